The number of anilines is 1. The molecule has 0 aliphatic carbocycles. The summed E-state index contributed by atoms with van der Waals surface area (Å²) in [5.74, 6) is 2.45. The molecule has 0 spiro atoms. The highest BCUT2D eigenvalue weighted by atomic mass is 32.2. The second kappa shape index (κ2) is 9.22. The molecule has 0 amide bonds. The number of rotatable bonds is 5. The molecule has 6 nitrogen and oxygen atoms in total. The van der Waals surface area contributed by atoms with Gasteiger partial charge in [-0.3, -0.25) is 0 Å². The van der Waals surface area contributed by atoms with E-state index < -0.39 is 0 Å². The molecule has 0 unspecified atom stereocenters. The fourth-order valence-electron chi connectivity index (χ4n) is 3.96. The molecule has 158 valence electrons. The first-order valence-electron chi connectivity index (χ1n) is 10.2. The zero-order valence-corrected chi connectivity index (χ0v) is 19.2. The fraction of sp³-hybridized carbons (Fsp3) is 0.409. The van der Waals surface area contributed by atoms with Crippen LogP contribution in [0.5, 0.6) is 0 Å². The van der Waals surface area contributed by atoms with Crippen LogP contribution in [0.3, 0.4) is 0 Å². The number of nitrogens with zero attached hydrogens (tertiary/aromatic N) is 4. The molecule has 30 heavy (non-hydrogen) atoms. The molecular formula is C22H27N5OS2. The lowest BCUT2D eigenvalue weighted by atomic mass is 9.96. The summed E-state index contributed by atoms with van der Waals surface area (Å²) in [6.45, 7) is 6.56. The molecule has 2 aromatic heterocycles. The Kier molecular flexibility index (Phi) is 6.43. The van der Waals surface area contributed by atoms with Crippen LogP contribution in [0.1, 0.15) is 41.6 Å². The Labute approximate surface area is 187 Å². The molecule has 1 aliphatic rings. The monoisotopic (exact) mass is 441 g/mol. The fourth-order valence-corrected chi connectivity index (χ4v) is 4.72. The highest BCUT2D eigenvalue weighted by Crippen LogP contribution is 2.28. The molecule has 1 N–H and O–H groups in total. The van der Waals surface area contributed by atoms with E-state index in [9.17, 15) is 0 Å². The summed E-state index contributed by atoms with van der Waals surface area (Å²) in [5, 5.41) is 8.27. The largest absolute Gasteiger partial charge is 0.361 e. The number of nitrogens with one attached hydrogen (secondary N) is 1. The second-order valence-corrected chi connectivity index (χ2v) is 8.91. The van der Waals surface area contributed by atoms with Crippen molar-refractivity contribution in [1.29, 1.82) is 0 Å². The maximum atomic E-state index is 5.68. The van der Waals surface area contributed by atoms with Gasteiger partial charge in [0.1, 0.15) is 11.6 Å². The van der Waals surface area contributed by atoms with Gasteiger partial charge in [-0.2, -0.15) is 0 Å². The van der Waals surface area contributed by atoms with Gasteiger partial charge >= 0.3 is 0 Å². The summed E-state index contributed by atoms with van der Waals surface area (Å²) in [6.07, 6.45) is 8.09. The number of aryl methyl sites for hydroxylation is 2. The molecule has 8 heteroatoms. The van der Waals surface area contributed by atoms with Gasteiger partial charge in [-0.15, -0.1) is 11.8 Å². The third kappa shape index (κ3) is 4.54. The van der Waals surface area contributed by atoms with Crippen molar-refractivity contribution in [3.8, 4) is 0 Å². The minimum Gasteiger partial charge on any atom is -0.361 e. The first kappa shape index (κ1) is 20.9. The van der Waals surface area contributed by atoms with E-state index in [1.54, 1.807) is 11.8 Å². The molecule has 1 aliphatic heterocycles. The second-order valence-electron chi connectivity index (χ2n) is 7.64. The zero-order chi connectivity index (χ0) is 21.1. The molecular weight excluding hydrogens is 414 g/mol. The molecule has 1 aromatic carbocycles. The van der Waals surface area contributed by atoms with Gasteiger partial charge < -0.3 is 19.3 Å². The molecule has 4 rings (SSSR count). The SMILES string of the molecule is CSc1cccc(NC(=S)N2CCC(c3nccn3Cc3c(C)noc3C)CC2)c1. The minimum atomic E-state index is 0.430. The Morgan fingerprint density at radius 3 is 2.80 bits per heavy atom. The third-order valence-corrected chi connectivity index (χ3v) is 6.81. The summed E-state index contributed by atoms with van der Waals surface area (Å²) >= 11 is 7.41. The van der Waals surface area contributed by atoms with Gasteiger partial charge in [0.25, 0.3) is 0 Å². The Morgan fingerprint density at radius 1 is 1.30 bits per heavy atom. The number of hydrogen-bond acceptors (Lipinski definition) is 5. The van der Waals surface area contributed by atoms with E-state index in [0.717, 1.165) is 66.1 Å². The van der Waals surface area contributed by atoms with Gasteiger partial charge in [-0.1, -0.05) is 11.2 Å². The predicted octanol–water partition coefficient (Wildman–Crippen LogP) is 4.83. The van der Waals surface area contributed by atoms with Crippen molar-refractivity contribution in [2.24, 2.45) is 0 Å². The smallest absolute Gasteiger partial charge is 0.173 e. The van der Waals surface area contributed by atoms with Crippen molar-refractivity contribution >= 4 is 34.8 Å². The van der Waals surface area contributed by atoms with Crippen LogP contribution in [0.2, 0.25) is 0 Å². The normalized spacial score (nSPS) is 14.8. The van der Waals surface area contributed by atoms with Crippen LogP contribution in [-0.4, -0.2) is 44.1 Å². The third-order valence-electron chi connectivity index (χ3n) is 5.73. The lowest BCUT2D eigenvalue weighted by Crippen LogP contribution is -2.40. The van der Waals surface area contributed by atoms with Crippen LogP contribution in [0, 0.1) is 13.8 Å². The van der Waals surface area contributed by atoms with E-state index in [1.807, 2.05) is 20.0 Å². The van der Waals surface area contributed by atoms with E-state index in [0.29, 0.717) is 5.92 Å². The zero-order valence-electron chi connectivity index (χ0n) is 17.6. The van der Waals surface area contributed by atoms with Crippen LogP contribution in [-0.2, 0) is 6.54 Å². The number of piperidine rings is 1. The van der Waals surface area contributed by atoms with Crippen LogP contribution in [0.15, 0.2) is 46.1 Å². The van der Waals surface area contributed by atoms with E-state index in [1.165, 1.54) is 4.90 Å². The number of imidazole rings is 1. The maximum absolute atomic E-state index is 5.68. The predicted molar refractivity (Wildman–Crippen MR) is 125 cm³/mol. The number of hydrogen-bond donors (Lipinski definition) is 1. The van der Waals surface area contributed by atoms with E-state index in [2.05, 4.69) is 61.6 Å². The minimum absolute atomic E-state index is 0.430. The summed E-state index contributed by atoms with van der Waals surface area (Å²) in [6, 6.07) is 8.36. The van der Waals surface area contributed by atoms with Crippen molar-refractivity contribution < 1.29 is 4.52 Å². The van der Waals surface area contributed by atoms with Crippen molar-refractivity contribution in [3.63, 3.8) is 0 Å². The van der Waals surface area contributed by atoms with Gasteiger partial charge in [0.2, 0.25) is 0 Å². The Balaban J connectivity index is 1.37. The van der Waals surface area contributed by atoms with E-state index in [4.69, 9.17) is 16.7 Å². The quantitative estimate of drug-likeness (QED) is 0.449. The highest BCUT2D eigenvalue weighted by Gasteiger charge is 2.25. The summed E-state index contributed by atoms with van der Waals surface area (Å²) in [5.41, 5.74) is 3.14. The number of thioether (sulfide) groups is 1. The number of benzene rings is 1. The standard InChI is InChI=1S/C22H27N5OS2/c1-15-20(16(2)28-25-15)14-27-12-9-23-21(27)17-7-10-26(11-8-17)22(29)24-18-5-4-6-19(13-18)30-3/h4-6,9,12-13,17H,7-8,10-11,14H2,1-3H3,(H,24,29). The first-order chi connectivity index (χ1) is 14.5. The van der Waals surface area contributed by atoms with Gasteiger partial charge in [0, 0.05) is 47.5 Å². The van der Waals surface area contributed by atoms with Crippen molar-refractivity contribution in [1.82, 2.24) is 19.6 Å². The Morgan fingerprint density at radius 2 is 2.10 bits per heavy atom. The van der Waals surface area contributed by atoms with Gasteiger partial charge in [0.05, 0.1) is 12.2 Å². The Bertz CT molecular complexity index is 1000. The molecule has 1 fully saturated rings. The maximum Gasteiger partial charge on any atom is 0.173 e. The number of thiocarbonyl (C=S) groups is 1. The average Bonchev–Trinajstić information content (AvgIpc) is 3.36. The van der Waals surface area contributed by atoms with Gasteiger partial charge in [0.15, 0.2) is 5.11 Å². The number of likely N-dealkylation sites (tertiary alicyclic amines) is 1. The molecule has 0 atom stereocenters. The van der Waals surface area contributed by atoms with Crippen molar-refractivity contribution in [2.45, 2.75) is 44.0 Å². The van der Waals surface area contributed by atoms with Crippen LogP contribution in [0.25, 0.3) is 0 Å². The lowest BCUT2D eigenvalue weighted by Gasteiger charge is -2.33. The summed E-state index contributed by atoms with van der Waals surface area (Å²) in [7, 11) is 0. The first-order valence-corrected chi connectivity index (χ1v) is 11.8. The summed E-state index contributed by atoms with van der Waals surface area (Å²) < 4.78 is 7.55. The highest BCUT2D eigenvalue weighted by molar-refractivity contribution is 7.98. The molecule has 1 saturated heterocycles. The van der Waals surface area contributed by atoms with Crippen molar-refractivity contribution in [3.05, 3.63) is 59.5 Å². The summed E-state index contributed by atoms with van der Waals surface area (Å²) in [4.78, 5) is 8.17. The lowest BCUT2D eigenvalue weighted by molar-refractivity contribution is 0.307. The number of aromatic nitrogens is 3. The van der Waals surface area contributed by atoms with Crippen LogP contribution >= 0.6 is 24.0 Å². The van der Waals surface area contributed by atoms with Gasteiger partial charge in [-0.25, -0.2) is 4.98 Å². The molecule has 0 bridgehead atoms. The van der Waals surface area contributed by atoms with Gasteiger partial charge in [-0.05, 0) is 63.4 Å². The molecule has 3 heterocycles. The van der Waals surface area contributed by atoms with Crippen LogP contribution in [0.4, 0.5) is 5.69 Å². The molecule has 0 saturated carbocycles. The van der Waals surface area contributed by atoms with Crippen molar-refractivity contribution in [2.75, 3.05) is 24.7 Å². The Hall–Kier alpha value is -2.32. The topological polar surface area (TPSA) is 59.1 Å². The molecule has 0 radical (unpaired) electrons. The van der Waals surface area contributed by atoms with E-state index >= 15 is 0 Å². The average molecular weight is 442 g/mol. The van der Waals surface area contributed by atoms with E-state index in [-0.39, 0.29) is 0 Å². The molecule has 3 aromatic rings. The van der Waals surface area contributed by atoms with Crippen LogP contribution < -0.4 is 5.32 Å².